The molecule has 0 atom stereocenters. The van der Waals surface area contributed by atoms with Gasteiger partial charge in [-0.1, -0.05) is 0 Å². The Morgan fingerprint density at radius 3 is 2.21 bits per heavy atom. The van der Waals surface area contributed by atoms with Gasteiger partial charge in [-0.25, -0.2) is 0 Å². The number of amides is 1. The zero-order chi connectivity index (χ0) is 17.5. The molecule has 0 aliphatic rings. The van der Waals surface area contributed by atoms with Crippen LogP contribution in [0.15, 0.2) is 42.5 Å². The van der Waals surface area contributed by atoms with Gasteiger partial charge < -0.3 is 14.8 Å². The molecule has 0 heterocycles. The molecule has 0 aromatic heterocycles. The fourth-order valence-corrected chi connectivity index (χ4v) is 2.13. The number of nitrogens with zero attached hydrogens (tertiary/aromatic N) is 1. The number of nitriles is 1. The van der Waals surface area contributed by atoms with Gasteiger partial charge in [-0.15, -0.1) is 0 Å². The third-order valence-corrected chi connectivity index (χ3v) is 3.32. The summed E-state index contributed by atoms with van der Waals surface area (Å²) in [6.45, 7) is 0. The number of benzene rings is 2. The Morgan fingerprint density at radius 2 is 1.62 bits per heavy atom. The lowest BCUT2D eigenvalue weighted by Gasteiger charge is -2.09. The van der Waals surface area contributed by atoms with Gasteiger partial charge in [0.2, 0.25) is 5.91 Å². The second kappa shape index (κ2) is 7.79. The van der Waals surface area contributed by atoms with Gasteiger partial charge in [-0.3, -0.25) is 9.59 Å². The molecule has 2 rings (SSSR count). The molecule has 24 heavy (non-hydrogen) atoms. The van der Waals surface area contributed by atoms with Gasteiger partial charge in [0.1, 0.15) is 6.42 Å². The van der Waals surface area contributed by atoms with Crippen molar-refractivity contribution in [2.24, 2.45) is 0 Å². The highest BCUT2D eigenvalue weighted by Crippen LogP contribution is 2.28. The summed E-state index contributed by atoms with van der Waals surface area (Å²) < 4.78 is 10.3. The van der Waals surface area contributed by atoms with Crippen LogP contribution in [0.2, 0.25) is 0 Å². The van der Waals surface area contributed by atoms with Crippen molar-refractivity contribution in [3.63, 3.8) is 0 Å². The lowest BCUT2D eigenvalue weighted by molar-refractivity contribution is -0.115. The summed E-state index contributed by atoms with van der Waals surface area (Å²) in [4.78, 5) is 23.9. The summed E-state index contributed by atoms with van der Waals surface area (Å²) in [5.41, 5.74) is 1.47. The molecule has 0 saturated carbocycles. The Balaban J connectivity index is 2.18. The molecule has 0 bridgehead atoms. The molecular weight excluding hydrogens is 308 g/mol. The van der Waals surface area contributed by atoms with Crippen LogP contribution in [0, 0.1) is 11.3 Å². The van der Waals surface area contributed by atoms with Gasteiger partial charge in [0.25, 0.3) is 0 Å². The van der Waals surface area contributed by atoms with E-state index in [1.165, 1.54) is 14.2 Å². The molecule has 0 saturated heterocycles. The molecule has 6 heteroatoms. The number of hydrogen-bond acceptors (Lipinski definition) is 5. The van der Waals surface area contributed by atoms with E-state index < -0.39 is 5.91 Å². The van der Waals surface area contributed by atoms with Crippen molar-refractivity contribution in [3.8, 4) is 17.6 Å². The zero-order valence-electron chi connectivity index (χ0n) is 13.3. The zero-order valence-corrected chi connectivity index (χ0v) is 13.3. The average Bonchev–Trinajstić information content (AvgIpc) is 2.61. The molecular formula is C18H16N2O4. The summed E-state index contributed by atoms with van der Waals surface area (Å²) in [5.74, 6) is 0.454. The Labute approximate surface area is 139 Å². The van der Waals surface area contributed by atoms with Crippen LogP contribution in [0.25, 0.3) is 0 Å². The minimum Gasteiger partial charge on any atom is -0.493 e. The number of hydrogen-bond donors (Lipinski definition) is 1. The molecule has 0 aliphatic carbocycles. The largest absolute Gasteiger partial charge is 0.493 e. The first-order valence-corrected chi connectivity index (χ1v) is 7.12. The second-order valence-electron chi connectivity index (χ2n) is 4.86. The van der Waals surface area contributed by atoms with Crippen LogP contribution in [0.4, 0.5) is 5.69 Å². The van der Waals surface area contributed by atoms with Crippen molar-refractivity contribution < 1.29 is 19.1 Å². The molecule has 0 fully saturated rings. The van der Waals surface area contributed by atoms with Crippen LogP contribution in [-0.2, 0) is 4.79 Å². The third-order valence-electron chi connectivity index (χ3n) is 3.32. The topological polar surface area (TPSA) is 88.4 Å². The van der Waals surface area contributed by atoms with Crippen LogP contribution in [0.3, 0.4) is 0 Å². The molecule has 0 spiro atoms. The minimum atomic E-state index is -0.392. The number of nitrogens with one attached hydrogen (secondary N) is 1. The summed E-state index contributed by atoms with van der Waals surface area (Å²) in [5, 5.41) is 11.0. The highest BCUT2D eigenvalue weighted by atomic mass is 16.5. The lowest BCUT2D eigenvalue weighted by Crippen LogP contribution is -2.10. The fraction of sp³-hybridized carbons (Fsp3) is 0.167. The van der Waals surface area contributed by atoms with E-state index in [0.717, 1.165) is 0 Å². The van der Waals surface area contributed by atoms with Crippen molar-refractivity contribution in [1.29, 1.82) is 5.26 Å². The van der Waals surface area contributed by atoms with Crippen molar-refractivity contribution in [3.05, 3.63) is 53.6 Å². The number of ether oxygens (including phenoxy) is 2. The predicted octanol–water partition coefficient (Wildman–Crippen LogP) is 2.79. The fourth-order valence-electron chi connectivity index (χ4n) is 2.13. The molecule has 0 radical (unpaired) electrons. The van der Waals surface area contributed by atoms with E-state index in [4.69, 9.17) is 14.7 Å². The van der Waals surface area contributed by atoms with Crippen molar-refractivity contribution in [1.82, 2.24) is 0 Å². The number of anilines is 1. The van der Waals surface area contributed by atoms with Crippen LogP contribution in [-0.4, -0.2) is 25.9 Å². The van der Waals surface area contributed by atoms with Crippen LogP contribution < -0.4 is 14.8 Å². The van der Waals surface area contributed by atoms with E-state index >= 15 is 0 Å². The lowest BCUT2D eigenvalue weighted by atomic mass is 10.0. The monoisotopic (exact) mass is 324 g/mol. The summed E-state index contributed by atoms with van der Waals surface area (Å²) in [6, 6.07) is 13.2. The summed E-state index contributed by atoms with van der Waals surface area (Å²) in [6.07, 6.45) is -0.216. The molecule has 2 aromatic rings. The van der Waals surface area contributed by atoms with Crippen molar-refractivity contribution in [2.45, 2.75) is 6.42 Å². The van der Waals surface area contributed by atoms with E-state index in [1.807, 2.05) is 0 Å². The molecule has 0 unspecified atom stereocenters. The van der Waals surface area contributed by atoms with Crippen molar-refractivity contribution >= 4 is 17.4 Å². The average molecular weight is 324 g/mol. The van der Waals surface area contributed by atoms with Gasteiger partial charge in [0.05, 0.1) is 20.3 Å². The molecule has 122 valence electrons. The Kier molecular flexibility index (Phi) is 5.53. The Hall–Kier alpha value is -3.33. The van der Waals surface area contributed by atoms with Gasteiger partial charge in [0, 0.05) is 16.8 Å². The maximum atomic E-state index is 12.5. The standard InChI is InChI=1S/C18H16N2O4/c1-23-15-8-5-13(11-16(15)24-2)18(22)12-3-6-14(7-4-12)20-17(21)9-10-19/h3-8,11H,9H2,1-2H3,(H,20,21). The Bertz CT molecular complexity index is 792. The number of rotatable bonds is 6. The SMILES string of the molecule is COc1ccc(C(=O)c2ccc(NC(=O)CC#N)cc2)cc1OC. The number of methoxy groups -OCH3 is 2. The normalized spacial score (nSPS) is 9.71. The first-order valence-electron chi connectivity index (χ1n) is 7.12. The maximum Gasteiger partial charge on any atom is 0.238 e. The van der Waals surface area contributed by atoms with Crippen LogP contribution in [0.1, 0.15) is 22.3 Å². The summed E-state index contributed by atoms with van der Waals surface area (Å²) in [7, 11) is 3.03. The van der Waals surface area contributed by atoms with E-state index in [0.29, 0.717) is 28.3 Å². The van der Waals surface area contributed by atoms with Crippen molar-refractivity contribution in [2.75, 3.05) is 19.5 Å². The molecule has 6 nitrogen and oxygen atoms in total. The second-order valence-corrected chi connectivity index (χ2v) is 4.86. The highest BCUT2D eigenvalue weighted by Gasteiger charge is 2.13. The van der Waals surface area contributed by atoms with Gasteiger partial charge in [-0.05, 0) is 42.5 Å². The number of carbonyl (C=O) groups is 2. The van der Waals surface area contributed by atoms with Crippen LogP contribution in [0.5, 0.6) is 11.5 Å². The molecule has 2 aromatic carbocycles. The first kappa shape index (κ1) is 17.0. The quantitative estimate of drug-likeness (QED) is 0.825. The van der Waals surface area contributed by atoms with E-state index in [2.05, 4.69) is 5.32 Å². The number of ketones is 1. The van der Waals surface area contributed by atoms with E-state index in [-0.39, 0.29) is 12.2 Å². The van der Waals surface area contributed by atoms with Gasteiger partial charge >= 0.3 is 0 Å². The highest BCUT2D eigenvalue weighted by molar-refractivity contribution is 6.09. The van der Waals surface area contributed by atoms with E-state index in [9.17, 15) is 9.59 Å². The Morgan fingerprint density at radius 1 is 1.00 bits per heavy atom. The predicted molar refractivity (Wildman–Crippen MR) is 88.3 cm³/mol. The minimum absolute atomic E-state index is 0.175. The first-order chi connectivity index (χ1) is 11.6. The number of carbonyl (C=O) groups excluding carboxylic acids is 2. The smallest absolute Gasteiger partial charge is 0.238 e. The van der Waals surface area contributed by atoms with E-state index in [1.54, 1.807) is 48.5 Å². The molecule has 1 N–H and O–H groups in total. The van der Waals surface area contributed by atoms with Gasteiger partial charge in [-0.2, -0.15) is 5.26 Å². The van der Waals surface area contributed by atoms with Gasteiger partial charge in [0.15, 0.2) is 17.3 Å². The maximum absolute atomic E-state index is 12.5. The molecule has 0 aliphatic heterocycles. The van der Waals surface area contributed by atoms with Crippen LogP contribution >= 0.6 is 0 Å². The summed E-state index contributed by atoms with van der Waals surface area (Å²) >= 11 is 0. The molecule has 1 amide bonds. The third kappa shape index (κ3) is 3.90.